The molecule has 25 heavy (non-hydrogen) atoms. The summed E-state index contributed by atoms with van der Waals surface area (Å²) in [7, 11) is 0. The van der Waals surface area contributed by atoms with Gasteiger partial charge in [0.05, 0.1) is 0 Å². The summed E-state index contributed by atoms with van der Waals surface area (Å²) >= 11 is 0. The minimum absolute atomic E-state index is 0.166. The lowest BCUT2D eigenvalue weighted by Crippen LogP contribution is -2.42. The van der Waals surface area contributed by atoms with Gasteiger partial charge >= 0.3 is 0 Å². The third-order valence-corrected chi connectivity index (χ3v) is 3.43. The van der Waals surface area contributed by atoms with Crippen molar-refractivity contribution in [2.24, 2.45) is 5.41 Å². The van der Waals surface area contributed by atoms with Gasteiger partial charge in [0.1, 0.15) is 0 Å². The van der Waals surface area contributed by atoms with Crippen LogP contribution in [0.3, 0.4) is 0 Å². The molecule has 0 spiro atoms. The fourth-order valence-electron chi connectivity index (χ4n) is 1.99. The van der Waals surface area contributed by atoms with E-state index < -0.39 is 29.1 Å². The topological polar surface area (TPSA) is 84.0 Å². The van der Waals surface area contributed by atoms with Gasteiger partial charge in [-0.2, -0.15) is 8.78 Å². The zero-order valence-corrected chi connectivity index (χ0v) is 13.8. The number of amides is 2. The number of aromatic nitrogens is 2. The molecule has 0 aliphatic carbocycles. The van der Waals surface area contributed by atoms with Crippen LogP contribution < -0.4 is 10.6 Å². The first-order valence-electron chi connectivity index (χ1n) is 7.56. The Hall–Kier alpha value is -2.90. The first kappa shape index (κ1) is 18.4. The molecule has 6 nitrogen and oxygen atoms in total. The molecule has 0 aromatic carbocycles. The molecule has 0 fully saturated rings. The Balaban J connectivity index is 1.87. The van der Waals surface area contributed by atoms with Crippen LogP contribution in [0.25, 0.3) is 0 Å². The molecule has 0 radical (unpaired) electrons. The Morgan fingerprint density at radius 3 is 1.68 bits per heavy atom. The lowest BCUT2D eigenvalue weighted by atomic mass is 9.93. The van der Waals surface area contributed by atoms with Gasteiger partial charge in [-0.05, 0) is 17.5 Å². The molecule has 2 aromatic heterocycles. The normalized spacial score (nSPS) is 11.0. The second-order valence-electron chi connectivity index (χ2n) is 6.26. The Morgan fingerprint density at radius 2 is 1.32 bits per heavy atom. The molecular formula is C17H18F2N4O2. The third-order valence-electron chi connectivity index (χ3n) is 3.43. The summed E-state index contributed by atoms with van der Waals surface area (Å²) in [5.41, 5.74) is -0.137. The van der Waals surface area contributed by atoms with Crippen molar-refractivity contribution in [3.63, 3.8) is 0 Å². The molecule has 0 aliphatic rings. The van der Waals surface area contributed by atoms with E-state index >= 15 is 0 Å². The van der Waals surface area contributed by atoms with Gasteiger partial charge in [0, 0.05) is 48.7 Å². The van der Waals surface area contributed by atoms with Crippen LogP contribution in [0.1, 0.15) is 34.6 Å². The van der Waals surface area contributed by atoms with Gasteiger partial charge in [0.15, 0.2) is 0 Å². The van der Waals surface area contributed by atoms with Crippen LogP contribution in [0, 0.1) is 17.3 Å². The van der Waals surface area contributed by atoms with E-state index in [0.29, 0.717) is 0 Å². The van der Waals surface area contributed by atoms with Gasteiger partial charge in [-0.25, -0.2) is 9.97 Å². The van der Waals surface area contributed by atoms with Gasteiger partial charge in [-0.1, -0.05) is 13.8 Å². The summed E-state index contributed by atoms with van der Waals surface area (Å²) in [6.07, 6.45) is 2.42. The van der Waals surface area contributed by atoms with Crippen LogP contribution in [-0.4, -0.2) is 34.9 Å². The van der Waals surface area contributed by atoms with E-state index in [9.17, 15) is 18.4 Å². The first-order chi connectivity index (χ1) is 11.8. The van der Waals surface area contributed by atoms with Gasteiger partial charge in [0.2, 0.25) is 11.9 Å². The maximum atomic E-state index is 13.0. The number of halogens is 2. The lowest BCUT2D eigenvalue weighted by Gasteiger charge is -2.25. The number of rotatable bonds is 6. The molecule has 0 bridgehead atoms. The average molecular weight is 348 g/mol. The van der Waals surface area contributed by atoms with E-state index in [1.54, 1.807) is 0 Å². The summed E-state index contributed by atoms with van der Waals surface area (Å²) in [5.74, 6) is -2.33. The largest absolute Gasteiger partial charge is 0.351 e. The van der Waals surface area contributed by atoms with Crippen molar-refractivity contribution in [2.45, 2.75) is 13.8 Å². The predicted octanol–water partition coefficient (Wildman–Crippen LogP) is 1.94. The summed E-state index contributed by atoms with van der Waals surface area (Å²) in [6, 6.07) is 4.90. The monoisotopic (exact) mass is 348 g/mol. The average Bonchev–Trinajstić information content (AvgIpc) is 2.58. The number of pyridine rings is 2. The molecule has 2 aromatic rings. The summed E-state index contributed by atoms with van der Waals surface area (Å²) in [6.45, 7) is 4.18. The Labute approximate surface area is 143 Å². The van der Waals surface area contributed by atoms with Crippen molar-refractivity contribution in [3.05, 3.63) is 59.7 Å². The highest BCUT2D eigenvalue weighted by molar-refractivity contribution is 5.94. The number of nitrogens with zero attached hydrogens (tertiary/aromatic N) is 2. The molecule has 0 unspecified atom stereocenters. The number of nitrogens with one attached hydrogen (secondary N) is 2. The second kappa shape index (κ2) is 7.78. The number of carbonyl (C=O) groups is 2. The van der Waals surface area contributed by atoms with Gasteiger partial charge in [-0.3, -0.25) is 9.59 Å². The van der Waals surface area contributed by atoms with E-state index in [4.69, 9.17) is 0 Å². The SMILES string of the molecule is CC(C)(CNC(=O)c1ccnc(F)c1)CNC(=O)c1ccnc(F)c1. The molecule has 0 aliphatic heterocycles. The molecule has 2 rings (SSSR count). The minimum atomic E-state index is -0.733. The standard InChI is InChI=1S/C17H18F2N4O2/c1-17(2,9-22-15(24)11-3-5-20-13(18)7-11)10-23-16(25)12-4-6-21-14(19)8-12/h3-8H,9-10H2,1-2H3,(H,22,24)(H,23,25). The van der Waals surface area contributed by atoms with Crippen molar-refractivity contribution in [2.75, 3.05) is 13.1 Å². The summed E-state index contributed by atoms with van der Waals surface area (Å²) in [5, 5.41) is 5.37. The summed E-state index contributed by atoms with van der Waals surface area (Å²) in [4.78, 5) is 30.8. The molecule has 2 heterocycles. The third kappa shape index (κ3) is 5.59. The van der Waals surface area contributed by atoms with E-state index in [0.717, 1.165) is 12.1 Å². The highest BCUT2D eigenvalue weighted by Crippen LogP contribution is 2.13. The van der Waals surface area contributed by atoms with Crippen molar-refractivity contribution in [1.29, 1.82) is 0 Å². The fourth-order valence-corrected chi connectivity index (χ4v) is 1.99. The highest BCUT2D eigenvalue weighted by atomic mass is 19.1. The number of hydrogen-bond acceptors (Lipinski definition) is 4. The van der Waals surface area contributed by atoms with Crippen molar-refractivity contribution in [3.8, 4) is 0 Å². The molecule has 0 saturated carbocycles. The van der Waals surface area contributed by atoms with Gasteiger partial charge < -0.3 is 10.6 Å². The number of hydrogen-bond donors (Lipinski definition) is 2. The zero-order valence-electron chi connectivity index (χ0n) is 13.8. The molecule has 2 N–H and O–H groups in total. The smallest absolute Gasteiger partial charge is 0.251 e. The predicted molar refractivity (Wildman–Crippen MR) is 86.8 cm³/mol. The Morgan fingerprint density at radius 1 is 0.920 bits per heavy atom. The fraction of sp³-hybridized carbons (Fsp3) is 0.294. The van der Waals surface area contributed by atoms with Crippen LogP contribution in [0.2, 0.25) is 0 Å². The Kier molecular flexibility index (Phi) is 5.74. The molecular weight excluding hydrogens is 330 g/mol. The molecule has 0 atom stereocenters. The van der Waals surface area contributed by atoms with Gasteiger partial charge in [-0.15, -0.1) is 0 Å². The van der Waals surface area contributed by atoms with Crippen LogP contribution in [-0.2, 0) is 0 Å². The van der Waals surface area contributed by atoms with Crippen LogP contribution in [0.4, 0.5) is 8.78 Å². The minimum Gasteiger partial charge on any atom is -0.351 e. The molecule has 0 saturated heterocycles. The molecule has 2 amide bonds. The van der Waals surface area contributed by atoms with Crippen LogP contribution >= 0.6 is 0 Å². The number of carbonyl (C=O) groups excluding carboxylic acids is 2. The molecule has 132 valence electrons. The van der Waals surface area contributed by atoms with Crippen molar-refractivity contribution < 1.29 is 18.4 Å². The summed E-state index contributed by atoms with van der Waals surface area (Å²) < 4.78 is 26.1. The van der Waals surface area contributed by atoms with E-state index in [-0.39, 0.29) is 24.2 Å². The van der Waals surface area contributed by atoms with Crippen molar-refractivity contribution in [1.82, 2.24) is 20.6 Å². The Bertz CT molecular complexity index is 717. The van der Waals surface area contributed by atoms with E-state index in [1.165, 1.54) is 24.5 Å². The van der Waals surface area contributed by atoms with Gasteiger partial charge in [0.25, 0.3) is 11.8 Å². The lowest BCUT2D eigenvalue weighted by molar-refractivity contribution is 0.0919. The van der Waals surface area contributed by atoms with Crippen LogP contribution in [0.5, 0.6) is 0 Å². The highest BCUT2D eigenvalue weighted by Gasteiger charge is 2.21. The first-order valence-corrected chi connectivity index (χ1v) is 7.56. The maximum absolute atomic E-state index is 13.0. The van der Waals surface area contributed by atoms with E-state index in [1.807, 2.05) is 13.8 Å². The zero-order chi connectivity index (χ0) is 18.4. The van der Waals surface area contributed by atoms with E-state index in [2.05, 4.69) is 20.6 Å². The maximum Gasteiger partial charge on any atom is 0.251 e. The van der Waals surface area contributed by atoms with Crippen LogP contribution in [0.15, 0.2) is 36.7 Å². The molecule has 8 heteroatoms. The van der Waals surface area contributed by atoms with Crippen molar-refractivity contribution >= 4 is 11.8 Å². The second-order valence-corrected chi connectivity index (χ2v) is 6.26. The quantitative estimate of drug-likeness (QED) is 0.782.